The largest absolute Gasteiger partial charge is 0.321 e. The molecule has 1 amide bonds. The molecule has 0 saturated carbocycles. The number of nitrogens with zero attached hydrogens (tertiary/aromatic N) is 3. The summed E-state index contributed by atoms with van der Waals surface area (Å²) in [5.41, 5.74) is 2.21. The number of hydrogen-bond acceptors (Lipinski definition) is 3. The molecule has 1 aromatic carbocycles. The van der Waals surface area contributed by atoms with Crippen LogP contribution in [0, 0.1) is 18.3 Å². The first-order valence-corrected chi connectivity index (χ1v) is 5.92. The molecule has 2 rings (SSSR count). The molecule has 19 heavy (non-hydrogen) atoms. The van der Waals surface area contributed by atoms with Crippen LogP contribution in [0.25, 0.3) is 0 Å². The summed E-state index contributed by atoms with van der Waals surface area (Å²) in [5, 5.41) is 15.4. The van der Waals surface area contributed by atoms with Gasteiger partial charge in [0.1, 0.15) is 6.54 Å². The number of aryl methyl sites for hydroxylation is 1. The van der Waals surface area contributed by atoms with Gasteiger partial charge >= 0.3 is 0 Å². The fourth-order valence-electron chi connectivity index (χ4n) is 1.83. The van der Waals surface area contributed by atoms with Crippen LogP contribution in [0.4, 0.5) is 0 Å². The lowest BCUT2D eigenvalue weighted by Crippen LogP contribution is -2.31. The molecule has 1 N–H and O–H groups in total. The lowest BCUT2D eigenvalue weighted by molar-refractivity contribution is 0.0764. The van der Waals surface area contributed by atoms with Gasteiger partial charge in [-0.05, 0) is 12.5 Å². The quantitative estimate of drug-likeness (QED) is 0.847. The van der Waals surface area contributed by atoms with Gasteiger partial charge in [-0.1, -0.05) is 30.3 Å². The van der Waals surface area contributed by atoms with E-state index in [0.717, 1.165) is 5.56 Å². The number of aromatic amines is 1. The maximum absolute atomic E-state index is 12.3. The number of carbonyl (C=O) groups is 1. The van der Waals surface area contributed by atoms with E-state index in [0.29, 0.717) is 17.8 Å². The van der Waals surface area contributed by atoms with Crippen molar-refractivity contribution in [3.8, 4) is 6.07 Å². The van der Waals surface area contributed by atoms with Gasteiger partial charge in [0.25, 0.3) is 5.91 Å². The molecule has 5 nitrogen and oxygen atoms in total. The number of benzene rings is 1. The first kappa shape index (κ1) is 12.8. The second kappa shape index (κ2) is 5.83. The van der Waals surface area contributed by atoms with Gasteiger partial charge in [0.05, 0.1) is 17.8 Å². The minimum atomic E-state index is -0.184. The van der Waals surface area contributed by atoms with Crippen molar-refractivity contribution in [2.75, 3.05) is 6.54 Å². The van der Waals surface area contributed by atoms with Gasteiger partial charge in [-0.3, -0.25) is 9.89 Å². The van der Waals surface area contributed by atoms with Crippen molar-refractivity contribution in [1.82, 2.24) is 15.1 Å². The molecule has 0 atom stereocenters. The summed E-state index contributed by atoms with van der Waals surface area (Å²) in [4.78, 5) is 13.8. The summed E-state index contributed by atoms with van der Waals surface area (Å²) in [6.45, 7) is 2.25. The van der Waals surface area contributed by atoms with Crippen LogP contribution in [0.5, 0.6) is 0 Å². The molecule has 0 saturated heterocycles. The summed E-state index contributed by atoms with van der Waals surface area (Å²) >= 11 is 0. The SMILES string of the molecule is Cc1[nH]ncc1C(=O)N(CC#N)Cc1ccccc1. The molecule has 0 fully saturated rings. The van der Waals surface area contributed by atoms with E-state index in [1.165, 1.54) is 11.1 Å². The van der Waals surface area contributed by atoms with E-state index in [9.17, 15) is 4.79 Å². The average molecular weight is 254 g/mol. The normalized spacial score (nSPS) is 9.89. The van der Waals surface area contributed by atoms with Crippen LogP contribution in [0.1, 0.15) is 21.6 Å². The predicted molar refractivity (Wildman–Crippen MR) is 70.1 cm³/mol. The highest BCUT2D eigenvalue weighted by Crippen LogP contribution is 2.11. The summed E-state index contributed by atoms with van der Waals surface area (Å²) in [6.07, 6.45) is 1.49. The Balaban J connectivity index is 2.19. The molecule has 0 aliphatic rings. The van der Waals surface area contributed by atoms with Crippen molar-refractivity contribution < 1.29 is 4.79 Å². The first-order valence-electron chi connectivity index (χ1n) is 5.92. The highest BCUT2D eigenvalue weighted by molar-refractivity contribution is 5.95. The van der Waals surface area contributed by atoms with Gasteiger partial charge in [0.15, 0.2) is 0 Å². The molecule has 0 spiro atoms. The van der Waals surface area contributed by atoms with Crippen LogP contribution in [0.2, 0.25) is 0 Å². The topological polar surface area (TPSA) is 72.8 Å². The van der Waals surface area contributed by atoms with Gasteiger partial charge < -0.3 is 4.90 Å². The van der Waals surface area contributed by atoms with E-state index in [2.05, 4.69) is 10.2 Å². The highest BCUT2D eigenvalue weighted by atomic mass is 16.2. The molecule has 0 aliphatic heterocycles. The molecule has 1 heterocycles. The third-order valence-corrected chi connectivity index (χ3v) is 2.83. The van der Waals surface area contributed by atoms with Gasteiger partial charge in [-0.15, -0.1) is 0 Å². The Hall–Kier alpha value is -2.61. The standard InChI is InChI=1S/C14H14N4O/c1-11-13(9-16-17-11)14(19)18(8-7-15)10-12-5-3-2-4-6-12/h2-6,9H,8,10H2,1H3,(H,16,17). The maximum Gasteiger partial charge on any atom is 0.258 e. The molecule has 5 heteroatoms. The van der Waals surface area contributed by atoms with Crippen LogP contribution in [-0.4, -0.2) is 27.5 Å². The number of nitriles is 1. The van der Waals surface area contributed by atoms with Gasteiger partial charge in [0, 0.05) is 12.2 Å². The summed E-state index contributed by atoms with van der Waals surface area (Å²) in [5.74, 6) is -0.184. The monoisotopic (exact) mass is 254 g/mol. The maximum atomic E-state index is 12.3. The van der Waals surface area contributed by atoms with Crippen molar-refractivity contribution in [2.24, 2.45) is 0 Å². The zero-order chi connectivity index (χ0) is 13.7. The van der Waals surface area contributed by atoms with Crippen LogP contribution < -0.4 is 0 Å². The van der Waals surface area contributed by atoms with Crippen molar-refractivity contribution in [2.45, 2.75) is 13.5 Å². The Kier molecular flexibility index (Phi) is 3.94. The number of aromatic nitrogens is 2. The number of carbonyl (C=O) groups excluding carboxylic acids is 1. The lowest BCUT2D eigenvalue weighted by Gasteiger charge is -2.19. The Morgan fingerprint density at radius 1 is 1.42 bits per heavy atom. The molecule has 0 unspecified atom stereocenters. The number of amides is 1. The van der Waals surface area contributed by atoms with Gasteiger partial charge in [-0.2, -0.15) is 10.4 Å². The summed E-state index contributed by atoms with van der Waals surface area (Å²) in [6, 6.07) is 11.6. The highest BCUT2D eigenvalue weighted by Gasteiger charge is 2.18. The van der Waals surface area contributed by atoms with Crippen molar-refractivity contribution in [3.05, 3.63) is 53.3 Å². The van der Waals surface area contributed by atoms with Crippen molar-refractivity contribution in [1.29, 1.82) is 5.26 Å². The van der Waals surface area contributed by atoms with Crippen molar-refractivity contribution >= 4 is 5.91 Å². The van der Waals surface area contributed by atoms with Crippen LogP contribution >= 0.6 is 0 Å². The smallest absolute Gasteiger partial charge is 0.258 e. The van der Waals surface area contributed by atoms with Crippen LogP contribution in [0.3, 0.4) is 0 Å². The number of H-pyrrole nitrogens is 1. The molecule has 0 radical (unpaired) electrons. The van der Waals surface area contributed by atoms with Crippen LogP contribution in [-0.2, 0) is 6.54 Å². The fraction of sp³-hybridized carbons (Fsp3) is 0.214. The minimum Gasteiger partial charge on any atom is -0.321 e. The Labute approximate surface area is 111 Å². The summed E-state index contributed by atoms with van der Waals surface area (Å²) in [7, 11) is 0. The Morgan fingerprint density at radius 2 is 2.16 bits per heavy atom. The van der Waals surface area contributed by atoms with E-state index in [4.69, 9.17) is 5.26 Å². The predicted octanol–water partition coefficient (Wildman–Crippen LogP) is 1.88. The molecule has 1 aromatic heterocycles. The zero-order valence-electron chi connectivity index (χ0n) is 10.6. The molecule has 96 valence electrons. The second-order valence-corrected chi connectivity index (χ2v) is 4.21. The molecule has 0 aliphatic carbocycles. The molecule has 0 bridgehead atoms. The van der Waals surface area contributed by atoms with E-state index in [-0.39, 0.29) is 12.5 Å². The van der Waals surface area contributed by atoms with Crippen molar-refractivity contribution in [3.63, 3.8) is 0 Å². The molecule has 2 aromatic rings. The number of rotatable bonds is 4. The number of nitrogens with one attached hydrogen (secondary N) is 1. The van der Waals surface area contributed by atoms with E-state index >= 15 is 0 Å². The fourth-order valence-corrected chi connectivity index (χ4v) is 1.83. The second-order valence-electron chi connectivity index (χ2n) is 4.21. The minimum absolute atomic E-state index is 0.0539. The van der Waals surface area contributed by atoms with Crippen LogP contribution in [0.15, 0.2) is 36.5 Å². The molecular formula is C14H14N4O. The average Bonchev–Trinajstić information content (AvgIpc) is 2.85. The van der Waals surface area contributed by atoms with Gasteiger partial charge in [0.2, 0.25) is 0 Å². The van der Waals surface area contributed by atoms with E-state index < -0.39 is 0 Å². The third kappa shape index (κ3) is 2.99. The Morgan fingerprint density at radius 3 is 2.74 bits per heavy atom. The third-order valence-electron chi connectivity index (χ3n) is 2.83. The van der Waals surface area contributed by atoms with E-state index in [1.807, 2.05) is 36.4 Å². The molecular weight excluding hydrogens is 240 g/mol. The van der Waals surface area contributed by atoms with Gasteiger partial charge in [-0.25, -0.2) is 0 Å². The first-order chi connectivity index (χ1) is 9.22. The number of hydrogen-bond donors (Lipinski definition) is 1. The van der Waals surface area contributed by atoms with E-state index in [1.54, 1.807) is 6.92 Å². The zero-order valence-corrected chi connectivity index (χ0v) is 10.6. The Bertz CT molecular complexity index is 597. The summed E-state index contributed by atoms with van der Waals surface area (Å²) < 4.78 is 0. The lowest BCUT2D eigenvalue weighted by atomic mass is 10.2.